The third kappa shape index (κ3) is 5.75. The quantitative estimate of drug-likeness (QED) is 0.630. The van der Waals surface area contributed by atoms with E-state index in [4.69, 9.17) is 9.47 Å². The standard InChI is InChI=1S/C19H30N2O5S/c1-16-4-6-18(7-5-16)27(23,24)21-10-8-17(9-11-21)19(22)20(12-14-25-2)13-15-26-3/h4-7,17H,8-15H2,1-3H3. The summed E-state index contributed by atoms with van der Waals surface area (Å²) in [4.78, 5) is 14.9. The molecule has 0 saturated carbocycles. The molecule has 0 N–H and O–H groups in total. The Morgan fingerprint density at radius 1 is 1.07 bits per heavy atom. The lowest BCUT2D eigenvalue weighted by Crippen LogP contribution is -2.46. The first kappa shape index (κ1) is 21.8. The molecule has 1 fully saturated rings. The normalized spacial score (nSPS) is 16.4. The number of carbonyl (C=O) groups excluding carboxylic acids is 1. The summed E-state index contributed by atoms with van der Waals surface area (Å²) < 4.78 is 37.2. The van der Waals surface area contributed by atoms with Gasteiger partial charge in [-0.1, -0.05) is 17.7 Å². The predicted octanol–water partition coefficient (Wildman–Crippen LogP) is 1.52. The minimum absolute atomic E-state index is 0.0523. The number of piperidine rings is 1. The molecule has 1 aliphatic rings. The van der Waals surface area contributed by atoms with Gasteiger partial charge in [-0.3, -0.25) is 4.79 Å². The molecule has 0 radical (unpaired) electrons. The van der Waals surface area contributed by atoms with E-state index in [-0.39, 0.29) is 11.8 Å². The van der Waals surface area contributed by atoms with Crippen molar-refractivity contribution in [1.29, 1.82) is 0 Å². The highest BCUT2D eigenvalue weighted by Crippen LogP contribution is 2.25. The van der Waals surface area contributed by atoms with Crippen molar-refractivity contribution >= 4 is 15.9 Å². The van der Waals surface area contributed by atoms with Gasteiger partial charge in [-0.2, -0.15) is 4.31 Å². The summed E-state index contributed by atoms with van der Waals surface area (Å²) in [6, 6.07) is 6.87. The van der Waals surface area contributed by atoms with Crippen LogP contribution in [0.4, 0.5) is 0 Å². The fourth-order valence-electron chi connectivity index (χ4n) is 3.20. The Bertz CT molecular complexity index is 689. The average molecular weight is 399 g/mol. The molecule has 1 saturated heterocycles. The summed E-state index contributed by atoms with van der Waals surface area (Å²) >= 11 is 0. The van der Waals surface area contributed by atoms with Crippen molar-refractivity contribution in [2.75, 3.05) is 53.6 Å². The van der Waals surface area contributed by atoms with Gasteiger partial charge in [0, 0.05) is 46.3 Å². The molecule has 2 rings (SSSR count). The number of benzene rings is 1. The minimum atomic E-state index is -3.51. The second kappa shape index (κ2) is 10.2. The van der Waals surface area contributed by atoms with E-state index in [0.29, 0.717) is 57.1 Å². The Morgan fingerprint density at radius 3 is 2.07 bits per heavy atom. The van der Waals surface area contributed by atoms with E-state index in [1.165, 1.54) is 4.31 Å². The predicted molar refractivity (Wildman–Crippen MR) is 103 cm³/mol. The number of carbonyl (C=O) groups is 1. The monoisotopic (exact) mass is 398 g/mol. The maximum absolute atomic E-state index is 12.8. The molecule has 1 aromatic carbocycles. The molecule has 0 aliphatic carbocycles. The average Bonchev–Trinajstić information content (AvgIpc) is 2.68. The smallest absolute Gasteiger partial charge is 0.243 e. The second-order valence-electron chi connectivity index (χ2n) is 6.80. The number of methoxy groups -OCH3 is 2. The van der Waals surface area contributed by atoms with Crippen molar-refractivity contribution in [2.45, 2.75) is 24.7 Å². The molecular formula is C19H30N2O5S. The fraction of sp³-hybridized carbons (Fsp3) is 0.632. The number of sulfonamides is 1. The number of nitrogens with zero attached hydrogens (tertiary/aromatic N) is 2. The molecule has 7 nitrogen and oxygen atoms in total. The van der Waals surface area contributed by atoms with Gasteiger partial charge in [0.05, 0.1) is 18.1 Å². The van der Waals surface area contributed by atoms with Gasteiger partial charge in [0.2, 0.25) is 15.9 Å². The van der Waals surface area contributed by atoms with Crippen LogP contribution in [0.1, 0.15) is 18.4 Å². The highest BCUT2D eigenvalue weighted by molar-refractivity contribution is 7.89. The molecule has 1 amide bonds. The number of hydrogen-bond acceptors (Lipinski definition) is 5. The highest BCUT2D eigenvalue weighted by atomic mass is 32.2. The zero-order chi connectivity index (χ0) is 19.9. The molecule has 0 atom stereocenters. The maximum Gasteiger partial charge on any atom is 0.243 e. The SMILES string of the molecule is COCCN(CCOC)C(=O)C1CCN(S(=O)(=O)c2ccc(C)cc2)CC1. The van der Waals surface area contributed by atoms with E-state index in [0.717, 1.165) is 5.56 Å². The Balaban J connectivity index is 1.98. The van der Waals surface area contributed by atoms with Crippen LogP contribution in [0.3, 0.4) is 0 Å². The summed E-state index contributed by atoms with van der Waals surface area (Å²) in [5, 5.41) is 0. The van der Waals surface area contributed by atoms with E-state index in [9.17, 15) is 13.2 Å². The van der Waals surface area contributed by atoms with Crippen molar-refractivity contribution in [2.24, 2.45) is 5.92 Å². The lowest BCUT2D eigenvalue weighted by atomic mass is 9.96. The number of ether oxygens (including phenoxy) is 2. The van der Waals surface area contributed by atoms with Crippen molar-refractivity contribution < 1.29 is 22.7 Å². The summed E-state index contributed by atoms with van der Waals surface area (Å²) in [7, 11) is -0.299. The van der Waals surface area contributed by atoms with Crippen LogP contribution < -0.4 is 0 Å². The lowest BCUT2D eigenvalue weighted by molar-refractivity contribution is -0.138. The summed E-state index contributed by atoms with van der Waals surface area (Å²) in [5.74, 6) is -0.111. The van der Waals surface area contributed by atoms with Crippen LogP contribution in [0.5, 0.6) is 0 Å². The van der Waals surface area contributed by atoms with Crippen LogP contribution in [-0.2, 0) is 24.3 Å². The number of aryl methyl sites for hydroxylation is 1. The van der Waals surface area contributed by atoms with Crippen molar-refractivity contribution in [3.8, 4) is 0 Å². The maximum atomic E-state index is 12.8. The van der Waals surface area contributed by atoms with Gasteiger partial charge in [-0.05, 0) is 31.9 Å². The van der Waals surface area contributed by atoms with E-state index < -0.39 is 10.0 Å². The Hall–Kier alpha value is -1.48. The minimum Gasteiger partial charge on any atom is -0.383 e. The fourth-order valence-corrected chi connectivity index (χ4v) is 4.67. The van der Waals surface area contributed by atoms with Crippen LogP contribution in [-0.4, -0.2) is 77.1 Å². The third-order valence-electron chi connectivity index (χ3n) is 4.90. The summed E-state index contributed by atoms with van der Waals surface area (Å²) in [5.41, 5.74) is 1.02. The first-order valence-electron chi connectivity index (χ1n) is 9.23. The molecule has 8 heteroatoms. The van der Waals surface area contributed by atoms with Gasteiger partial charge in [-0.15, -0.1) is 0 Å². The van der Waals surface area contributed by atoms with Crippen molar-refractivity contribution in [3.63, 3.8) is 0 Å². The van der Waals surface area contributed by atoms with Crippen LogP contribution >= 0.6 is 0 Å². The molecule has 1 heterocycles. The molecule has 0 bridgehead atoms. The van der Waals surface area contributed by atoms with E-state index in [1.807, 2.05) is 6.92 Å². The Morgan fingerprint density at radius 2 is 1.59 bits per heavy atom. The molecule has 0 aromatic heterocycles. The van der Waals surface area contributed by atoms with Gasteiger partial charge in [0.15, 0.2) is 0 Å². The first-order valence-corrected chi connectivity index (χ1v) is 10.7. The van der Waals surface area contributed by atoms with E-state index in [1.54, 1.807) is 43.4 Å². The van der Waals surface area contributed by atoms with Gasteiger partial charge in [-0.25, -0.2) is 8.42 Å². The van der Waals surface area contributed by atoms with Crippen LogP contribution in [0, 0.1) is 12.8 Å². The van der Waals surface area contributed by atoms with E-state index >= 15 is 0 Å². The summed E-state index contributed by atoms with van der Waals surface area (Å²) in [6.07, 6.45) is 1.06. The lowest BCUT2D eigenvalue weighted by Gasteiger charge is -2.33. The zero-order valence-corrected chi connectivity index (χ0v) is 17.2. The Kier molecular flexibility index (Phi) is 8.22. The molecular weight excluding hydrogens is 368 g/mol. The van der Waals surface area contributed by atoms with Crippen LogP contribution in [0.25, 0.3) is 0 Å². The molecule has 0 spiro atoms. The molecule has 1 aromatic rings. The van der Waals surface area contributed by atoms with Gasteiger partial charge >= 0.3 is 0 Å². The molecule has 152 valence electrons. The number of amides is 1. The van der Waals surface area contributed by atoms with Crippen LogP contribution in [0.2, 0.25) is 0 Å². The zero-order valence-electron chi connectivity index (χ0n) is 16.4. The second-order valence-corrected chi connectivity index (χ2v) is 8.74. The van der Waals surface area contributed by atoms with Gasteiger partial charge in [0.1, 0.15) is 0 Å². The third-order valence-corrected chi connectivity index (χ3v) is 6.82. The topological polar surface area (TPSA) is 76.2 Å². The Labute approximate surface area is 162 Å². The van der Waals surface area contributed by atoms with Crippen molar-refractivity contribution in [3.05, 3.63) is 29.8 Å². The van der Waals surface area contributed by atoms with Crippen molar-refractivity contribution in [1.82, 2.24) is 9.21 Å². The largest absolute Gasteiger partial charge is 0.383 e. The molecule has 27 heavy (non-hydrogen) atoms. The van der Waals surface area contributed by atoms with E-state index in [2.05, 4.69) is 0 Å². The van der Waals surface area contributed by atoms with Gasteiger partial charge < -0.3 is 14.4 Å². The molecule has 1 aliphatic heterocycles. The van der Waals surface area contributed by atoms with Crippen LogP contribution in [0.15, 0.2) is 29.2 Å². The highest BCUT2D eigenvalue weighted by Gasteiger charge is 2.33. The van der Waals surface area contributed by atoms with Gasteiger partial charge in [0.25, 0.3) is 0 Å². The number of rotatable bonds is 9. The molecule has 0 unspecified atom stereocenters. The number of hydrogen-bond donors (Lipinski definition) is 0. The first-order chi connectivity index (χ1) is 12.9. The summed E-state index contributed by atoms with van der Waals surface area (Å²) in [6.45, 7) is 4.60.